The van der Waals surface area contributed by atoms with E-state index in [1.54, 1.807) is 42.5 Å². The summed E-state index contributed by atoms with van der Waals surface area (Å²) in [7, 11) is 0. The van der Waals surface area contributed by atoms with Crippen molar-refractivity contribution in [2.24, 2.45) is 10.2 Å². The summed E-state index contributed by atoms with van der Waals surface area (Å²) in [6, 6.07) is 16.1. The number of amides is 1. The zero-order valence-corrected chi connectivity index (χ0v) is 14.7. The first-order valence-corrected chi connectivity index (χ1v) is 8.38. The van der Waals surface area contributed by atoms with Crippen molar-refractivity contribution in [3.8, 4) is 5.75 Å². The van der Waals surface area contributed by atoms with E-state index < -0.39 is 18.5 Å². The second-order valence-corrected chi connectivity index (χ2v) is 5.67. The number of esters is 1. The summed E-state index contributed by atoms with van der Waals surface area (Å²) in [4.78, 5) is 24.1. The van der Waals surface area contributed by atoms with Gasteiger partial charge in [-0.25, -0.2) is 4.79 Å². The first-order valence-electron chi connectivity index (χ1n) is 8.38. The molecule has 0 fully saturated rings. The van der Waals surface area contributed by atoms with Crippen LogP contribution in [0, 0.1) is 0 Å². The van der Waals surface area contributed by atoms with Gasteiger partial charge in [-0.05, 0) is 48.5 Å². The minimum absolute atomic E-state index is 0.119. The minimum Gasteiger partial charge on any atom is -0.508 e. The Morgan fingerprint density at radius 2 is 1.79 bits per heavy atom. The summed E-state index contributed by atoms with van der Waals surface area (Å²) in [5, 5.41) is 20.0. The minimum atomic E-state index is -0.687. The number of carbonyl (C=O) groups excluding carboxylic acids is 2. The quantitative estimate of drug-likeness (QED) is 0.478. The van der Waals surface area contributed by atoms with Gasteiger partial charge in [0.25, 0.3) is 5.91 Å². The highest BCUT2D eigenvalue weighted by Crippen LogP contribution is 2.24. The van der Waals surface area contributed by atoms with Gasteiger partial charge >= 0.3 is 5.97 Å². The standard InChI is InChI=1S/C20H17N3O5/c24-15-9-7-14(8-10-15)22-23-18-6-2-1-5-17(18)20(26)28-13-19(25)21-12-16-4-3-11-27-16/h1-11,24H,12-13H2,(H,21,25). The molecule has 0 aliphatic heterocycles. The fraction of sp³-hybridized carbons (Fsp3) is 0.100. The van der Waals surface area contributed by atoms with Crippen LogP contribution in [0.15, 0.2) is 81.6 Å². The van der Waals surface area contributed by atoms with Crippen LogP contribution in [-0.4, -0.2) is 23.6 Å². The summed E-state index contributed by atoms with van der Waals surface area (Å²) in [6.45, 7) is -0.218. The van der Waals surface area contributed by atoms with E-state index in [1.165, 1.54) is 24.5 Å². The number of aromatic hydroxyl groups is 1. The maximum Gasteiger partial charge on any atom is 0.340 e. The molecule has 3 aromatic rings. The van der Waals surface area contributed by atoms with Crippen LogP contribution in [0.5, 0.6) is 5.75 Å². The predicted octanol–water partition coefficient (Wildman–Crippen LogP) is 3.87. The molecule has 0 aliphatic rings. The molecule has 1 aromatic heterocycles. The normalized spacial score (nSPS) is 10.7. The lowest BCUT2D eigenvalue weighted by atomic mass is 10.2. The predicted molar refractivity (Wildman–Crippen MR) is 99.6 cm³/mol. The van der Waals surface area contributed by atoms with Gasteiger partial charge in [0, 0.05) is 0 Å². The van der Waals surface area contributed by atoms with E-state index in [1.807, 2.05) is 0 Å². The molecule has 2 N–H and O–H groups in total. The molecule has 8 heteroatoms. The van der Waals surface area contributed by atoms with Crippen LogP contribution >= 0.6 is 0 Å². The van der Waals surface area contributed by atoms with Crippen LogP contribution in [0.3, 0.4) is 0 Å². The third kappa shape index (κ3) is 5.28. The molecule has 142 valence electrons. The van der Waals surface area contributed by atoms with E-state index in [0.717, 1.165) is 0 Å². The number of hydrogen-bond acceptors (Lipinski definition) is 7. The van der Waals surface area contributed by atoms with E-state index in [-0.39, 0.29) is 17.9 Å². The zero-order chi connectivity index (χ0) is 19.8. The SMILES string of the molecule is O=C(COC(=O)c1ccccc1N=Nc1ccc(O)cc1)NCc1ccco1. The highest BCUT2D eigenvalue weighted by molar-refractivity contribution is 5.96. The Bertz CT molecular complexity index is 966. The first-order chi connectivity index (χ1) is 13.6. The third-order valence-electron chi connectivity index (χ3n) is 3.62. The van der Waals surface area contributed by atoms with Crippen molar-refractivity contribution >= 4 is 23.3 Å². The number of ether oxygens (including phenoxy) is 1. The Hall–Kier alpha value is -3.94. The largest absolute Gasteiger partial charge is 0.508 e. The van der Waals surface area contributed by atoms with Gasteiger partial charge in [-0.1, -0.05) is 12.1 Å². The Kier molecular flexibility index (Phi) is 6.14. The molecule has 0 saturated heterocycles. The van der Waals surface area contributed by atoms with Crippen molar-refractivity contribution in [1.82, 2.24) is 5.32 Å². The van der Waals surface area contributed by atoms with Gasteiger partial charge < -0.3 is 19.6 Å². The maximum absolute atomic E-state index is 12.3. The molecule has 28 heavy (non-hydrogen) atoms. The Balaban J connectivity index is 1.59. The van der Waals surface area contributed by atoms with Gasteiger partial charge in [0.2, 0.25) is 0 Å². The number of nitrogens with zero attached hydrogens (tertiary/aromatic N) is 2. The summed E-state index contributed by atoms with van der Waals surface area (Å²) >= 11 is 0. The van der Waals surface area contributed by atoms with Gasteiger partial charge in [-0.3, -0.25) is 4.79 Å². The summed E-state index contributed by atoms with van der Waals surface area (Å²) < 4.78 is 10.2. The number of furan rings is 1. The zero-order valence-electron chi connectivity index (χ0n) is 14.7. The molecule has 8 nitrogen and oxygen atoms in total. The highest BCUT2D eigenvalue weighted by atomic mass is 16.5. The summed E-state index contributed by atoms with van der Waals surface area (Å²) in [5.41, 5.74) is 0.999. The lowest BCUT2D eigenvalue weighted by Crippen LogP contribution is -2.28. The Morgan fingerprint density at radius 1 is 1.00 bits per heavy atom. The lowest BCUT2D eigenvalue weighted by molar-refractivity contribution is -0.124. The number of hydrogen-bond donors (Lipinski definition) is 2. The Labute approximate surface area is 160 Å². The molecule has 1 amide bonds. The van der Waals surface area contributed by atoms with E-state index >= 15 is 0 Å². The van der Waals surface area contributed by atoms with E-state index in [2.05, 4.69) is 15.5 Å². The van der Waals surface area contributed by atoms with Gasteiger partial charge in [0.1, 0.15) is 17.2 Å². The van der Waals surface area contributed by atoms with Crippen molar-refractivity contribution in [1.29, 1.82) is 0 Å². The molecule has 0 spiro atoms. The van der Waals surface area contributed by atoms with Crippen molar-refractivity contribution in [2.45, 2.75) is 6.54 Å². The van der Waals surface area contributed by atoms with Crippen molar-refractivity contribution in [3.63, 3.8) is 0 Å². The van der Waals surface area contributed by atoms with Gasteiger partial charge in [0.15, 0.2) is 6.61 Å². The van der Waals surface area contributed by atoms with Crippen LogP contribution in [0.1, 0.15) is 16.1 Å². The van der Waals surface area contributed by atoms with Gasteiger partial charge in [0.05, 0.1) is 24.1 Å². The molecule has 0 bridgehead atoms. The smallest absolute Gasteiger partial charge is 0.340 e. The second kappa shape index (κ2) is 9.13. The fourth-order valence-electron chi connectivity index (χ4n) is 2.22. The van der Waals surface area contributed by atoms with Crippen LogP contribution in [-0.2, 0) is 16.1 Å². The molecule has 3 rings (SSSR count). The monoisotopic (exact) mass is 379 g/mol. The van der Waals surface area contributed by atoms with Crippen LogP contribution in [0.25, 0.3) is 0 Å². The van der Waals surface area contributed by atoms with Crippen LogP contribution in [0.2, 0.25) is 0 Å². The number of benzene rings is 2. The van der Waals surface area contributed by atoms with Crippen LogP contribution in [0.4, 0.5) is 11.4 Å². The van der Waals surface area contributed by atoms with E-state index in [4.69, 9.17) is 9.15 Å². The molecule has 1 heterocycles. The second-order valence-electron chi connectivity index (χ2n) is 5.67. The molecule has 2 aromatic carbocycles. The Morgan fingerprint density at radius 3 is 2.54 bits per heavy atom. The molecular weight excluding hydrogens is 362 g/mol. The first kappa shape index (κ1) is 18.8. The highest BCUT2D eigenvalue weighted by Gasteiger charge is 2.14. The average Bonchev–Trinajstić information content (AvgIpc) is 3.24. The molecule has 0 saturated carbocycles. The number of carbonyl (C=O) groups is 2. The van der Waals surface area contributed by atoms with Crippen molar-refractivity contribution in [2.75, 3.05) is 6.61 Å². The average molecular weight is 379 g/mol. The van der Waals surface area contributed by atoms with E-state index in [0.29, 0.717) is 17.1 Å². The van der Waals surface area contributed by atoms with Gasteiger partial charge in [-0.2, -0.15) is 5.11 Å². The number of phenols is 1. The number of rotatable bonds is 7. The maximum atomic E-state index is 12.3. The molecule has 0 unspecified atom stereocenters. The van der Waals surface area contributed by atoms with Crippen molar-refractivity contribution < 1.29 is 23.8 Å². The van der Waals surface area contributed by atoms with Crippen LogP contribution < -0.4 is 5.32 Å². The van der Waals surface area contributed by atoms with Crippen molar-refractivity contribution in [3.05, 3.63) is 78.3 Å². The fourth-order valence-corrected chi connectivity index (χ4v) is 2.22. The number of azo groups is 1. The molecule has 0 radical (unpaired) electrons. The third-order valence-corrected chi connectivity index (χ3v) is 3.62. The van der Waals surface area contributed by atoms with Gasteiger partial charge in [-0.15, -0.1) is 5.11 Å². The lowest BCUT2D eigenvalue weighted by Gasteiger charge is -2.07. The molecular formula is C20H17N3O5. The number of nitrogens with one attached hydrogen (secondary N) is 1. The molecule has 0 atom stereocenters. The summed E-state index contributed by atoms with van der Waals surface area (Å²) in [6.07, 6.45) is 1.51. The number of phenolic OH excluding ortho intramolecular Hbond substituents is 1. The topological polar surface area (TPSA) is 113 Å². The molecule has 0 aliphatic carbocycles. The summed E-state index contributed by atoms with van der Waals surface area (Å²) in [5.74, 6) is -0.422. The van der Waals surface area contributed by atoms with E-state index in [9.17, 15) is 14.7 Å².